The number of ether oxygens (including phenoxy) is 1. The van der Waals surface area contributed by atoms with Gasteiger partial charge in [-0.25, -0.2) is 22.1 Å². The fourth-order valence-electron chi connectivity index (χ4n) is 2.75. The number of anilines is 1. The first-order valence-corrected chi connectivity index (χ1v) is 9.69. The Morgan fingerprint density at radius 1 is 1.55 bits per heavy atom. The largest absolute Gasteiger partial charge is 0.468 e. The smallest absolute Gasteiger partial charge is 0.413 e. The summed E-state index contributed by atoms with van der Waals surface area (Å²) in [6, 6.07) is 1.36. The summed E-state index contributed by atoms with van der Waals surface area (Å²) < 4.78 is 34.5. The van der Waals surface area contributed by atoms with Gasteiger partial charge in [-0.1, -0.05) is 0 Å². The SMILES string of the molecule is C[C-]1OP(=O)(OC[C@H]2O[C@@H](n3ccc(N)nc3=O)[C@](C)(O)[C@@H]2O)O[CH-]C1C.[V].[W]. The van der Waals surface area contributed by atoms with E-state index < -0.39 is 44.2 Å². The number of nitrogens with zero attached hydrogens (tertiary/aromatic N) is 2. The van der Waals surface area contributed by atoms with Crippen LogP contribution >= 0.6 is 7.82 Å². The molecule has 2 saturated heterocycles. The molecule has 0 aliphatic carbocycles. The second kappa shape index (κ2) is 10.0. The second-order valence-electron chi connectivity index (χ2n) is 6.71. The van der Waals surface area contributed by atoms with E-state index in [2.05, 4.69) is 4.98 Å². The average molecular weight is 638 g/mol. The summed E-state index contributed by atoms with van der Waals surface area (Å²) in [5, 5.41) is 21.0. The molecule has 163 valence electrons. The van der Waals surface area contributed by atoms with Crippen molar-refractivity contribution in [1.82, 2.24) is 9.55 Å². The van der Waals surface area contributed by atoms with E-state index in [-0.39, 0.29) is 51.4 Å². The Morgan fingerprint density at radius 2 is 2.21 bits per heavy atom. The maximum absolute atomic E-state index is 12.5. The monoisotopic (exact) mass is 638 g/mol. The Labute approximate surface area is 194 Å². The second-order valence-corrected chi connectivity index (χ2v) is 8.26. The molecule has 1 aromatic heterocycles. The van der Waals surface area contributed by atoms with E-state index in [1.54, 1.807) is 13.8 Å². The molecule has 1 aromatic rings. The summed E-state index contributed by atoms with van der Waals surface area (Å²) in [5.41, 5.74) is 2.85. The van der Waals surface area contributed by atoms with Gasteiger partial charge in [-0.05, 0) is 13.0 Å². The van der Waals surface area contributed by atoms with Crippen molar-refractivity contribution in [3.8, 4) is 0 Å². The molecule has 1 radical (unpaired) electrons. The van der Waals surface area contributed by atoms with Crippen LogP contribution in [0.25, 0.3) is 0 Å². The Balaban J connectivity index is 0.00000210. The van der Waals surface area contributed by atoms with Crippen LogP contribution in [0.4, 0.5) is 5.82 Å². The number of phosphoric acid groups is 1. The number of rotatable bonds is 4. The van der Waals surface area contributed by atoms with Gasteiger partial charge in [0, 0.05) is 45.8 Å². The van der Waals surface area contributed by atoms with Gasteiger partial charge in [-0.3, -0.25) is 15.0 Å². The Morgan fingerprint density at radius 3 is 2.79 bits per heavy atom. The number of aromatic nitrogens is 2. The van der Waals surface area contributed by atoms with Crippen LogP contribution < -0.4 is 11.4 Å². The van der Waals surface area contributed by atoms with E-state index in [0.29, 0.717) is 6.10 Å². The van der Waals surface area contributed by atoms with Gasteiger partial charge in [0.25, 0.3) is 0 Å². The fourth-order valence-corrected chi connectivity index (χ4v) is 4.08. The molecule has 2 unspecified atom stereocenters. The summed E-state index contributed by atoms with van der Waals surface area (Å²) in [4.78, 5) is 15.6. The van der Waals surface area contributed by atoms with Crippen LogP contribution in [-0.2, 0) is 62.5 Å². The van der Waals surface area contributed by atoms with E-state index >= 15 is 0 Å². The van der Waals surface area contributed by atoms with Gasteiger partial charge < -0.3 is 29.7 Å². The molecule has 2 aliphatic heterocycles. The molecule has 4 N–H and O–H groups in total. The van der Waals surface area contributed by atoms with Gasteiger partial charge in [0.2, 0.25) is 0 Å². The molecule has 2 aliphatic rings. The van der Waals surface area contributed by atoms with Gasteiger partial charge in [0.05, 0.1) is 6.61 Å². The van der Waals surface area contributed by atoms with E-state index in [9.17, 15) is 19.6 Å². The number of hydrogen-bond donors (Lipinski definition) is 3. The molecule has 6 atom stereocenters. The third kappa shape index (κ3) is 5.60. The quantitative estimate of drug-likeness (QED) is 0.311. The van der Waals surface area contributed by atoms with Crippen LogP contribution in [0.15, 0.2) is 17.1 Å². The van der Waals surface area contributed by atoms with Crippen LogP contribution in [0, 0.1) is 18.6 Å². The van der Waals surface area contributed by atoms with E-state index in [1.807, 2.05) is 0 Å². The van der Waals surface area contributed by atoms with Crippen molar-refractivity contribution < 1.29 is 72.7 Å². The van der Waals surface area contributed by atoms with Crippen LogP contribution in [-0.4, -0.2) is 44.2 Å². The molecule has 0 spiro atoms. The zero-order chi connectivity index (χ0) is 20.0. The van der Waals surface area contributed by atoms with Gasteiger partial charge in [-0.2, -0.15) is 11.9 Å². The van der Waals surface area contributed by atoms with E-state index in [1.165, 1.54) is 25.8 Å². The van der Waals surface area contributed by atoms with Crippen molar-refractivity contribution in [3.05, 3.63) is 35.5 Å². The van der Waals surface area contributed by atoms with Crippen molar-refractivity contribution in [2.24, 2.45) is 5.92 Å². The molecule has 0 bridgehead atoms. The van der Waals surface area contributed by atoms with Crippen molar-refractivity contribution in [2.45, 2.75) is 44.8 Å². The number of aliphatic hydroxyl groups excluding tert-OH is 1. The summed E-state index contributed by atoms with van der Waals surface area (Å²) in [6.45, 7) is 5.67. The van der Waals surface area contributed by atoms with Gasteiger partial charge in [0.1, 0.15) is 23.6 Å². The fraction of sp³-hybridized carbons (Fsp3) is 0.600. The first-order chi connectivity index (χ1) is 12.5. The first-order valence-electron chi connectivity index (χ1n) is 8.23. The topological polar surface area (TPSA) is 155 Å². The van der Waals surface area contributed by atoms with Crippen molar-refractivity contribution in [3.63, 3.8) is 0 Å². The normalized spacial score (nSPS) is 37.6. The molecule has 11 nitrogen and oxygen atoms in total. The zero-order valence-electron chi connectivity index (χ0n) is 15.9. The van der Waals surface area contributed by atoms with Crippen LogP contribution in [0.1, 0.15) is 27.0 Å². The molecular formula is C15H22N3O8PVW-2. The Hall–Kier alpha value is -0.0573. The third-order valence-electron chi connectivity index (χ3n) is 4.55. The van der Waals surface area contributed by atoms with E-state index in [4.69, 9.17) is 24.0 Å². The summed E-state index contributed by atoms with van der Waals surface area (Å²) in [7, 11) is -3.90. The molecule has 0 aromatic carbocycles. The predicted molar refractivity (Wildman–Crippen MR) is 91.6 cm³/mol. The van der Waals surface area contributed by atoms with Gasteiger partial charge in [0.15, 0.2) is 6.23 Å². The third-order valence-corrected chi connectivity index (χ3v) is 5.90. The van der Waals surface area contributed by atoms with E-state index in [0.717, 1.165) is 4.57 Å². The minimum atomic E-state index is -3.90. The number of phosphoric ester groups is 1. The molecule has 2 fully saturated rings. The maximum atomic E-state index is 12.5. The number of aliphatic hydroxyl groups is 2. The molecular weight excluding hydrogens is 616 g/mol. The van der Waals surface area contributed by atoms with Gasteiger partial charge in [-0.15, -0.1) is 6.92 Å². The average Bonchev–Trinajstić information content (AvgIpc) is 2.80. The molecule has 29 heavy (non-hydrogen) atoms. The number of nitrogen functional groups attached to an aromatic ring is 1. The zero-order valence-corrected chi connectivity index (χ0v) is 21.1. The summed E-state index contributed by atoms with van der Waals surface area (Å²) >= 11 is 0. The number of nitrogens with two attached hydrogens (primary N) is 1. The molecule has 0 saturated carbocycles. The van der Waals surface area contributed by atoms with Crippen molar-refractivity contribution >= 4 is 13.6 Å². The minimum Gasteiger partial charge on any atom is -0.468 e. The van der Waals surface area contributed by atoms with Crippen LogP contribution in [0.2, 0.25) is 0 Å². The summed E-state index contributed by atoms with van der Waals surface area (Å²) in [5.74, 6) is -0.143. The molecule has 3 rings (SSSR count). The maximum Gasteiger partial charge on any atom is 0.413 e. The standard InChI is InChI=1S/C15H22N3O8P.V.W/c1-8-6-23-27(22,26-9(8)2)24-7-10-12(19)15(3,21)13(25-10)18-5-4-11(16)17-14(18)20;;/h4-6,8,10,12-13,19,21H,7H2,1-3H3,(H2,16,17,20);;/q-2;;/t8?,10-,12-,13-,15-,27?;;/m1../s1. The Kier molecular flexibility index (Phi) is 9.34. The Bertz CT molecular complexity index is 812. The molecule has 14 heteroatoms. The minimum absolute atomic E-state index is 0. The summed E-state index contributed by atoms with van der Waals surface area (Å²) in [6.07, 6.45) is -2.05. The number of hydrogen-bond acceptors (Lipinski definition) is 10. The van der Waals surface area contributed by atoms with Crippen molar-refractivity contribution in [1.29, 1.82) is 0 Å². The van der Waals surface area contributed by atoms with Crippen molar-refractivity contribution in [2.75, 3.05) is 12.3 Å². The first kappa shape index (κ1) is 27.0. The molecule has 0 amide bonds. The van der Waals surface area contributed by atoms with Gasteiger partial charge >= 0.3 is 13.5 Å². The molecule has 3 heterocycles. The van der Waals surface area contributed by atoms with Crippen LogP contribution in [0.5, 0.6) is 0 Å². The van der Waals surface area contributed by atoms with Crippen LogP contribution in [0.3, 0.4) is 0 Å². The predicted octanol–water partition coefficient (Wildman–Crippen LogP) is 0.351.